The molecule has 0 amide bonds. The third-order valence-electron chi connectivity index (χ3n) is 4.23. The van der Waals surface area contributed by atoms with Crippen molar-refractivity contribution in [3.63, 3.8) is 0 Å². The Bertz CT molecular complexity index is 956. The van der Waals surface area contributed by atoms with E-state index in [4.69, 9.17) is 4.74 Å². The highest BCUT2D eigenvalue weighted by Gasteiger charge is 2.11. The maximum atomic E-state index is 11.4. The average Bonchev–Trinajstić information content (AvgIpc) is 2.97. The summed E-state index contributed by atoms with van der Waals surface area (Å²) >= 11 is 0. The number of hydrogen-bond donors (Lipinski definition) is 1. The van der Waals surface area contributed by atoms with Gasteiger partial charge in [0.15, 0.2) is 0 Å². The van der Waals surface area contributed by atoms with Crippen LogP contribution in [-0.4, -0.2) is 35.3 Å². The Kier molecular flexibility index (Phi) is 4.93. The lowest BCUT2D eigenvalue weighted by Gasteiger charge is -2.06. The molecule has 0 spiro atoms. The summed E-state index contributed by atoms with van der Waals surface area (Å²) in [6.45, 7) is 0.438. The van der Waals surface area contributed by atoms with Gasteiger partial charge in [-0.05, 0) is 48.0 Å². The van der Waals surface area contributed by atoms with Gasteiger partial charge in [0.05, 0.1) is 24.8 Å². The zero-order chi connectivity index (χ0) is 18.7. The summed E-state index contributed by atoms with van der Waals surface area (Å²) in [4.78, 5) is 22.6. The van der Waals surface area contributed by atoms with Crippen molar-refractivity contribution in [1.29, 1.82) is 0 Å². The minimum Gasteiger partial charge on any atom is -0.493 e. The highest BCUT2D eigenvalue weighted by molar-refractivity contribution is 5.95. The van der Waals surface area contributed by atoms with Gasteiger partial charge in [0.1, 0.15) is 5.75 Å². The molecule has 1 aromatic heterocycles. The second kappa shape index (κ2) is 7.31. The van der Waals surface area contributed by atoms with Crippen LogP contribution in [0.4, 0.5) is 0 Å². The summed E-state index contributed by atoms with van der Waals surface area (Å²) in [5.74, 6) is -0.672. The van der Waals surface area contributed by atoms with Gasteiger partial charge in [0, 0.05) is 30.6 Å². The number of carbonyl (C=O) groups is 2. The van der Waals surface area contributed by atoms with E-state index in [0.29, 0.717) is 24.3 Å². The molecule has 0 aliphatic heterocycles. The molecule has 3 aromatic rings. The van der Waals surface area contributed by atoms with Crippen molar-refractivity contribution in [2.75, 3.05) is 13.7 Å². The Labute approximate surface area is 150 Å². The van der Waals surface area contributed by atoms with Gasteiger partial charge in [-0.15, -0.1) is 0 Å². The van der Waals surface area contributed by atoms with Crippen LogP contribution in [0.25, 0.3) is 10.9 Å². The fourth-order valence-electron chi connectivity index (χ4n) is 2.89. The van der Waals surface area contributed by atoms with E-state index >= 15 is 0 Å². The van der Waals surface area contributed by atoms with E-state index in [1.54, 1.807) is 36.4 Å². The van der Waals surface area contributed by atoms with Crippen LogP contribution in [0.15, 0.2) is 48.7 Å². The smallest absolute Gasteiger partial charge is 0.337 e. The van der Waals surface area contributed by atoms with E-state index in [2.05, 4.69) is 4.74 Å². The number of benzene rings is 2. The second-order valence-electron chi connectivity index (χ2n) is 5.92. The third kappa shape index (κ3) is 3.54. The molecule has 3 rings (SSSR count). The Morgan fingerprint density at radius 1 is 1.08 bits per heavy atom. The van der Waals surface area contributed by atoms with Gasteiger partial charge in [-0.1, -0.05) is 0 Å². The molecule has 26 heavy (non-hydrogen) atoms. The number of esters is 1. The number of methoxy groups -OCH3 is 1. The van der Waals surface area contributed by atoms with Crippen LogP contribution < -0.4 is 4.74 Å². The van der Waals surface area contributed by atoms with E-state index < -0.39 is 5.97 Å². The number of ether oxygens (including phenoxy) is 2. The van der Waals surface area contributed by atoms with Gasteiger partial charge >= 0.3 is 11.9 Å². The van der Waals surface area contributed by atoms with Gasteiger partial charge in [-0.3, -0.25) is 0 Å². The first-order valence-electron chi connectivity index (χ1n) is 8.12. The number of aryl methyl sites for hydroxylation is 1. The molecular weight excluding hydrogens is 334 g/mol. The number of nitrogens with zero attached hydrogens (tertiary/aromatic N) is 1. The number of carboxylic acid groups (broad SMARTS) is 1. The molecule has 0 saturated carbocycles. The number of aromatic nitrogens is 1. The molecule has 0 saturated heterocycles. The molecule has 0 bridgehead atoms. The molecule has 0 atom stereocenters. The van der Waals surface area contributed by atoms with E-state index in [1.165, 1.54) is 7.11 Å². The summed E-state index contributed by atoms with van der Waals surface area (Å²) < 4.78 is 12.4. The van der Waals surface area contributed by atoms with Crippen molar-refractivity contribution < 1.29 is 24.2 Å². The number of hydrogen-bond acceptors (Lipinski definition) is 4. The van der Waals surface area contributed by atoms with Gasteiger partial charge in [0.25, 0.3) is 0 Å². The van der Waals surface area contributed by atoms with Gasteiger partial charge in [0.2, 0.25) is 0 Å². The Morgan fingerprint density at radius 3 is 2.42 bits per heavy atom. The van der Waals surface area contributed by atoms with Gasteiger partial charge in [-0.25, -0.2) is 9.59 Å². The predicted molar refractivity (Wildman–Crippen MR) is 96.9 cm³/mol. The maximum absolute atomic E-state index is 11.4. The average molecular weight is 353 g/mol. The van der Waals surface area contributed by atoms with E-state index in [9.17, 15) is 14.7 Å². The summed E-state index contributed by atoms with van der Waals surface area (Å²) in [5.41, 5.74) is 2.74. The van der Waals surface area contributed by atoms with E-state index in [1.807, 2.05) is 23.9 Å². The van der Waals surface area contributed by atoms with Crippen LogP contribution in [0.5, 0.6) is 5.75 Å². The first kappa shape index (κ1) is 17.5. The third-order valence-corrected chi connectivity index (χ3v) is 4.23. The molecule has 0 radical (unpaired) electrons. The predicted octanol–water partition coefficient (Wildman–Crippen LogP) is 3.28. The van der Waals surface area contributed by atoms with Crippen LogP contribution in [0.1, 0.15) is 26.3 Å². The first-order chi connectivity index (χ1) is 12.5. The molecular formula is C20H19NO5. The number of aromatic carboxylic acids is 1. The molecule has 0 fully saturated rings. The SMILES string of the molecule is COC(=O)c1ccc(OCCc2cn(C)c3ccc(C(=O)O)cc23)cc1. The van der Waals surface area contributed by atoms with Gasteiger partial charge < -0.3 is 19.1 Å². The highest BCUT2D eigenvalue weighted by Crippen LogP contribution is 2.23. The molecule has 134 valence electrons. The Morgan fingerprint density at radius 2 is 1.77 bits per heavy atom. The monoisotopic (exact) mass is 353 g/mol. The van der Waals surface area contributed by atoms with E-state index in [-0.39, 0.29) is 11.5 Å². The van der Waals surface area contributed by atoms with Crippen LogP contribution >= 0.6 is 0 Å². The van der Waals surface area contributed by atoms with Crippen LogP contribution in [0.3, 0.4) is 0 Å². The Hall–Kier alpha value is -3.28. The number of rotatable bonds is 6. The molecule has 2 aromatic carbocycles. The lowest BCUT2D eigenvalue weighted by atomic mass is 10.1. The van der Waals surface area contributed by atoms with E-state index in [0.717, 1.165) is 16.5 Å². The standard InChI is InChI=1S/C20H19NO5/c1-21-12-15(17-11-14(19(22)23)5-8-18(17)21)9-10-26-16-6-3-13(4-7-16)20(24)25-2/h3-8,11-12H,9-10H2,1-2H3,(H,22,23). The Balaban J connectivity index is 1.70. The fourth-order valence-corrected chi connectivity index (χ4v) is 2.89. The molecule has 1 N–H and O–H groups in total. The number of carbonyl (C=O) groups excluding carboxylic acids is 1. The minimum absolute atomic E-state index is 0.268. The normalized spacial score (nSPS) is 10.7. The summed E-state index contributed by atoms with van der Waals surface area (Å²) in [6, 6.07) is 11.9. The molecule has 0 unspecified atom stereocenters. The van der Waals surface area contributed by atoms with Crippen molar-refractivity contribution in [1.82, 2.24) is 4.57 Å². The quantitative estimate of drug-likeness (QED) is 0.688. The topological polar surface area (TPSA) is 77.8 Å². The van der Waals surface area contributed by atoms with Gasteiger partial charge in [-0.2, -0.15) is 0 Å². The zero-order valence-electron chi connectivity index (χ0n) is 14.6. The van der Waals surface area contributed by atoms with Crippen molar-refractivity contribution in [3.05, 3.63) is 65.4 Å². The van der Waals surface area contributed by atoms with Crippen molar-refractivity contribution in [3.8, 4) is 5.75 Å². The summed E-state index contributed by atoms with van der Waals surface area (Å²) in [5, 5.41) is 10.1. The number of fused-ring (bicyclic) bond motifs is 1. The molecule has 6 nitrogen and oxygen atoms in total. The largest absolute Gasteiger partial charge is 0.493 e. The van der Waals surface area contributed by atoms with Crippen molar-refractivity contribution >= 4 is 22.8 Å². The lowest BCUT2D eigenvalue weighted by Crippen LogP contribution is -2.03. The zero-order valence-corrected chi connectivity index (χ0v) is 14.6. The molecule has 1 heterocycles. The minimum atomic E-state index is -0.941. The lowest BCUT2D eigenvalue weighted by molar-refractivity contribution is 0.0599. The summed E-state index contributed by atoms with van der Waals surface area (Å²) in [7, 11) is 3.27. The van der Waals surface area contributed by atoms with Crippen molar-refractivity contribution in [2.45, 2.75) is 6.42 Å². The van der Waals surface area contributed by atoms with Crippen molar-refractivity contribution in [2.24, 2.45) is 7.05 Å². The second-order valence-corrected chi connectivity index (χ2v) is 5.92. The fraction of sp³-hybridized carbons (Fsp3) is 0.200. The highest BCUT2D eigenvalue weighted by atomic mass is 16.5. The van der Waals surface area contributed by atoms with Crippen LogP contribution in [-0.2, 0) is 18.2 Å². The van der Waals surface area contributed by atoms with Crippen LogP contribution in [0, 0.1) is 0 Å². The summed E-state index contributed by atoms with van der Waals surface area (Å²) in [6.07, 6.45) is 2.62. The molecule has 6 heteroatoms. The first-order valence-corrected chi connectivity index (χ1v) is 8.12. The molecule has 0 aliphatic rings. The molecule has 0 aliphatic carbocycles. The number of carboxylic acids is 1. The maximum Gasteiger partial charge on any atom is 0.337 e. The van der Waals surface area contributed by atoms with Crippen LogP contribution in [0.2, 0.25) is 0 Å².